The van der Waals surface area contributed by atoms with Crippen LogP contribution in [0.15, 0.2) is 65.2 Å². The van der Waals surface area contributed by atoms with Crippen LogP contribution >= 0.6 is 12.2 Å². The van der Waals surface area contributed by atoms with Crippen LogP contribution in [0.2, 0.25) is 0 Å². The van der Waals surface area contributed by atoms with Gasteiger partial charge in [-0.3, -0.25) is 15.1 Å². The highest BCUT2D eigenvalue weighted by Crippen LogP contribution is 2.39. The number of thiocarbonyl (C=S) groups is 1. The van der Waals surface area contributed by atoms with Gasteiger partial charge in [0.25, 0.3) is 5.69 Å². The van der Waals surface area contributed by atoms with E-state index in [1.54, 1.807) is 18.3 Å². The summed E-state index contributed by atoms with van der Waals surface area (Å²) in [6.45, 7) is 0. The number of nitro benzene ring substituents is 1. The maximum absolute atomic E-state index is 11.0. The minimum Gasteiger partial charge on any atom is -0.459 e. The number of furan rings is 1. The number of nitrogens with one attached hydrogen (secondary N) is 1. The predicted octanol–water partition coefficient (Wildman–Crippen LogP) is 3.85. The van der Waals surface area contributed by atoms with Crippen LogP contribution in [0.25, 0.3) is 11.3 Å². The predicted molar refractivity (Wildman–Crippen MR) is 104 cm³/mol. The first-order valence-corrected chi connectivity index (χ1v) is 8.74. The van der Waals surface area contributed by atoms with Gasteiger partial charge in [0.2, 0.25) is 0 Å². The van der Waals surface area contributed by atoms with Gasteiger partial charge in [0.1, 0.15) is 17.6 Å². The lowest BCUT2D eigenvalue weighted by atomic mass is 10.0. The summed E-state index contributed by atoms with van der Waals surface area (Å²) in [5.74, 6) is 1.28. The summed E-state index contributed by atoms with van der Waals surface area (Å²) < 4.78 is 6.07. The molecular formula is C19H16N4O3S. The molecule has 1 fully saturated rings. The third-order valence-electron chi connectivity index (χ3n) is 4.60. The summed E-state index contributed by atoms with van der Waals surface area (Å²) in [7, 11) is 1.90. The molecule has 7 nitrogen and oxygen atoms in total. The Kier molecular flexibility index (Phi) is 4.33. The number of pyridine rings is 1. The topological polar surface area (TPSA) is 84.4 Å². The molecule has 1 aliphatic rings. The van der Waals surface area contributed by atoms with Crippen molar-refractivity contribution in [3.8, 4) is 11.3 Å². The zero-order chi connectivity index (χ0) is 19.0. The molecule has 3 aromatic rings. The molecule has 0 unspecified atom stereocenters. The van der Waals surface area contributed by atoms with Gasteiger partial charge in [-0.15, -0.1) is 0 Å². The maximum atomic E-state index is 11.0. The van der Waals surface area contributed by atoms with Gasteiger partial charge in [0, 0.05) is 30.9 Å². The summed E-state index contributed by atoms with van der Waals surface area (Å²) in [4.78, 5) is 17.0. The zero-order valence-corrected chi connectivity index (χ0v) is 15.2. The first-order chi connectivity index (χ1) is 13.0. The third kappa shape index (κ3) is 3.15. The van der Waals surface area contributed by atoms with E-state index in [2.05, 4.69) is 10.3 Å². The fourth-order valence-electron chi connectivity index (χ4n) is 3.25. The van der Waals surface area contributed by atoms with E-state index in [1.165, 1.54) is 12.1 Å². The van der Waals surface area contributed by atoms with Gasteiger partial charge in [0.15, 0.2) is 5.11 Å². The molecule has 0 radical (unpaired) electrons. The Morgan fingerprint density at radius 3 is 2.81 bits per heavy atom. The van der Waals surface area contributed by atoms with E-state index in [0.29, 0.717) is 22.2 Å². The Balaban J connectivity index is 1.70. The second-order valence-corrected chi connectivity index (χ2v) is 6.63. The van der Waals surface area contributed by atoms with Crippen LogP contribution in [0.3, 0.4) is 0 Å². The fourth-order valence-corrected chi connectivity index (χ4v) is 3.49. The molecule has 4 rings (SSSR count). The molecule has 1 aromatic carbocycles. The van der Waals surface area contributed by atoms with Gasteiger partial charge in [-0.05, 0) is 36.5 Å². The number of likely N-dealkylation sites (N-methyl/N-ethyl adjacent to an activating group) is 1. The molecule has 3 heterocycles. The van der Waals surface area contributed by atoms with Gasteiger partial charge < -0.3 is 14.6 Å². The number of hydrogen-bond donors (Lipinski definition) is 1. The molecule has 0 bridgehead atoms. The lowest BCUT2D eigenvalue weighted by molar-refractivity contribution is -0.384. The van der Waals surface area contributed by atoms with E-state index in [-0.39, 0.29) is 17.8 Å². The lowest BCUT2D eigenvalue weighted by Crippen LogP contribution is -2.24. The molecular weight excluding hydrogens is 364 g/mol. The second kappa shape index (κ2) is 6.81. The van der Waals surface area contributed by atoms with Crippen LogP contribution in [0.1, 0.15) is 23.5 Å². The van der Waals surface area contributed by atoms with E-state index in [1.807, 2.05) is 42.3 Å². The SMILES string of the molecule is CN1C(=S)N[C@@H](c2ccccn2)[C@H]1c1ccc(-c2cccc([N+](=O)[O-])c2)o1. The summed E-state index contributed by atoms with van der Waals surface area (Å²) in [5.41, 5.74) is 1.54. The molecule has 1 aliphatic heterocycles. The highest BCUT2D eigenvalue weighted by Gasteiger charge is 2.39. The van der Waals surface area contributed by atoms with Crippen molar-refractivity contribution in [1.29, 1.82) is 0 Å². The Morgan fingerprint density at radius 2 is 2.07 bits per heavy atom. The summed E-state index contributed by atoms with van der Waals surface area (Å²) in [5, 5.41) is 14.9. The van der Waals surface area contributed by atoms with Crippen molar-refractivity contribution in [2.45, 2.75) is 12.1 Å². The molecule has 1 saturated heterocycles. The monoisotopic (exact) mass is 380 g/mol. The largest absolute Gasteiger partial charge is 0.459 e. The van der Waals surface area contributed by atoms with E-state index in [9.17, 15) is 10.1 Å². The minimum atomic E-state index is -0.419. The smallest absolute Gasteiger partial charge is 0.270 e. The summed E-state index contributed by atoms with van der Waals surface area (Å²) >= 11 is 5.41. The van der Waals surface area contributed by atoms with Gasteiger partial charge >= 0.3 is 0 Å². The summed E-state index contributed by atoms with van der Waals surface area (Å²) in [6, 6.07) is 15.5. The van der Waals surface area contributed by atoms with Crippen molar-refractivity contribution in [1.82, 2.24) is 15.2 Å². The van der Waals surface area contributed by atoms with Gasteiger partial charge in [-0.25, -0.2) is 0 Å². The molecule has 2 aromatic heterocycles. The van der Waals surface area contributed by atoms with Gasteiger partial charge in [-0.1, -0.05) is 18.2 Å². The number of nitrogens with zero attached hydrogens (tertiary/aromatic N) is 3. The van der Waals surface area contributed by atoms with Crippen LogP contribution < -0.4 is 5.32 Å². The Labute approximate surface area is 160 Å². The molecule has 1 N–H and O–H groups in total. The van der Waals surface area contributed by atoms with Crippen LogP contribution in [-0.2, 0) is 0 Å². The lowest BCUT2D eigenvalue weighted by Gasteiger charge is -2.21. The number of hydrogen-bond acceptors (Lipinski definition) is 5. The maximum Gasteiger partial charge on any atom is 0.270 e. The molecule has 2 atom stereocenters. The summed E-state index contributed by atoms with van der Waals surface area (Å²) in [6.07, 6.45) is 1.74. The highest BCUT2D eigenvalue weighted by atomic mass is 32.1. The number of benzene rings is 1. The second-order valence-electron chi connectivity index (χ2n) is 6.25. The van der Waals surface area contributed by atoms with Crippen molar-refractivity contribution in [2.75, 3.05) is 7.05 Å². The molecule has 0 aliphatic carbocycles. The highest BCUT2D eigenvalue weighted by molar-refractivity contribution is 7.80. The first kappa shape index (κ1) is 17.2. The van der Waals surface area contributed by atoms with Crippen molar-refractivity contribution in [3.05, 3.63) is 82.4 Å². The Hall–Kier alpha value is -3.26. The number of rotatable bonds is 4. The quantitative estimate of drug-likeness (QED) is 0.418. The number of non-ortho nitro benzene ring substituents is 1. The average molecular weight is 380 g/mol. The molecule has 0 saturated carbocycles. The van der Waals surface area contributed by atoms with E-state index < -0.39 is 4.92 Å². The van der Waals surface area contributed by atoms with E-state index in [0.717, 1.165) is 5.69 Å². The Bertz CT molecular complexity index is 1000. The van der Waals surface area contributed by atoms with Gasteiger partial charge in [-0.2, -0.15) is 0 Å². The normalized spacial score (nSPS) is 19.1. The van der Waals surface area contributed by atoms with Crippen LogP contribution in [0.5, 0.6) is 0 Å². The van der Waals surface area contributed by atoms with Crippen molar-refractivity contribution in [2.24, 2.45) is 0 Å². The zero-order valence-electron chi connectivity index (χ0n) is 14.4. The molecule has 136 valence electrons. The van der Waals surface area contributed by atoms with E-state index in [4.69, 9.17) is 16.6 Å². The van der Waals surface area contributed by atoms with Crippen molar-refractivity contribution < 1.29 is 9.34 Å². The Morgan fingerprint density at radius 1 is 1.22 bits per heavy atom. The first-order valence-electron chi connectivity index (χ1n) is 8.33. The number of nitro groups is 1. The molecule has 8 heteroatoms. The third-order valence-corrected chi connectivity index (χ3v) is 5.00. The van der Waals surface area contributed by atoms with Crippen LogP contribution in [0.4, 0.5) is 5.69 Å². The van der Waals surface area contributed by atoms with Gasteiger partial charge in [0.05, 0.1) is 16.7 Å². The van der Waals surface area contributed by atoms with Crippen LogP contribution in [0, 0.1) is 10.1 Å². The fraction of sp³-hybridized carbons (Fsp3) is 0.158. The number of aromatic nitrogens is 1. The minimum absolute atomic E-state index is 0.0256. The van der Waals surface area contributed by atoms with Crippen molar-refractivity contribution in [3.63, 3.8) is 0 Å². The standard InChI is InChI=1S/C19H16N4O3S/c1-22-18(17(21-19(22)27)14-7-2-3-10-20-14)16-9-8-15(26-16)12-5-4-6-13(11-12)23(24)25/h2-11,17-18H,1H3,(H,21,27)/t17-,18+/m0/s1. The molecule has 0 amide bonds. The van der Waals surface area contributed by atoms with E-state index >= 15 is 0 Å². The average Bonchev–Trinajstić information content (AvgIpc) is 3.28. The van der Waals surface area contributed by atoms with Crippen LogP contribution in [-0.4, -0.2) is 27.0 Å². The molecule has 0 spiro atoms. The van der Waals surface area contributed by atoms with Crippen molar-refractivity contribution >= 4 is 23.0 Å². The molecule has 27 heavy (non-hydrogen) atoms.